The molecule has 1 saturated heterocycles. The Kier molecular flexibility index (Phi) is 5.05. The molecule has 24 heavy (non-hydrogen) atoms. The number of aryl methyl sites for hydroxylation is 1. The van der Waals surface area contributed by atoms with Crippen molar-refractivity contribution in [3.63, 3.8) is 0 Å². The van der Waals surface area contributed by atoms with Crippen LogP contribution in [0.4, 0.5) is 16.5 Å². The Bertz CT molecular complexity index is 753. The number of benzene rings is 1. The lowest BCUT2D eigenvalue weighted by Crippen LogP contribution is -2.30. The Balaban J connectivity index is 1.84. The zero-order valence-electron chi connectivity index (χ0n) is 13.4. The van der Waals surface area contributed by atoms with E-state index in [0.717, 1.165) is 42.9 Å². The number of aromatic nitrogens is 1. The van der Waals surface area contributed by atoms with Crippen LogP contribution in [0.15, 0.2) is 28.7 Å². The topological polar surface area (TPSA) is 83.7 Å². The van der Waals surface area contributed by atoms with Gasteiger partial charge in [-0.1, -0.05) is 0 Å². The van der Waals surface area contributed by atoms with E-state index in [0.29, 0.717) is 5.13 Å². The average Bonchev–Trinajstić information content (AvgIpc) is 3.01. The monoisotopic (exact) mass is 345 g/mol. The molecule has 8 heteroatoms. The molecule has 3 rings (SSSR count). The normalized spacial score (nSPS) is 15.0. The summed E-state index contributed by atoms with van der Waals surface area (Å²) in [7, 11) is 0. The number of piperidine rings is 1. The number of hydrogen-bond donors (Lipinski definition) is 1. The molecule has 0 unspecified atom stereocenters. The lowest BCUT2D eigenvalue weighted by atomic mass is 10.1. The second-order valence-corrected chi connectivity index (χ2v) is 6.57. The van der Waals surface area contributed by atoms with Gasteiger partial charge >= 0.3 is 0 Å². The summed E-state index contributed by atoms with van der Waals surface area (Å²) in [4.78, 5) is 17.2. The molecule has 1 aliphatic heterocycles. The van der Waals surface area contributed by atoms with Crippen molar-refractivity contribution in [2.45, 2.75) is 26.2 Å². The Labute approximate surface area is 144 Å². The number of nitrogens with zero attached hydrogens (tertiary/aromatic N) is 4. The molecular formula is C16H19N5O2S. The van der Waals surface area contributed by atoms with Crippen molar-refractivity contribution in [1.29, 1.82) is 0 Å². The van der Waals surface area contributed by atoms with Gasteiger partial charge in [0.15, 0.2) is 0 Å². The van der Waals surface area contributed by atoms with E-state index >= 15 is 0 Å². The summed E-state index contributed by atoms with van der Waals surface area (Å²) in [6.07, 6.45) is 5.15. The van der Waals surface area contributed by atoms with Crippen LogP contribution in [0, 0.1) is 17.0 Å². The first-order valence-corrected chi connectivity index (χ1v) is 8.76. The van der Waals surface area contributed by atoms with Gasteiger partial charge in [-0.25, -0.2) is 4.98 Å². The quantitative estimate of drug-likeness (QED) is 0.506. The number of nitro groups is 1. The highest BCUT2D eigenvalue weighted by Crippen LogP contribution is 2.27. The van der Waals surface area contributed by atoms with Gasteiger partial charge in [0, 0.05) is 41.9 Å². The van der Waals surface area contributed by atoms with Crippen LogP contribution in [0.25, 0.3) is 0 Å². The molecule has 1 fully saturated rings. The molecule has 0 radical (unpaired) electrons. The number of hydrogen-bond acceptors (Lipinski definition) is 7. The highest BCUT2D eigenvalue weighted by Gasteiger charge is 2.16. The molecule has 2 aromatic rings. The fourth-order valence-corrected chi connectivity index (χ4v) is 3.38. The fraction of sp³-hybridized carbons (Fsp3) is 0.375. The van der Waals surface area contributed by atoms with Crippen molar-refractivity contribution in [1.82, 2.24) is 4.98 Å². The summed E-state index contributed by atoms with van der Waals surface area (Å²) < 4.78 is 0. The van der Waals surface area contributed by atoms with E-state index in [1.54, 1.807) is 18.3 Å². The van der Waals surface area contributed by atoms with E-state index in [9.17, 15) is 10.1 Å². The third-order valence-electron chi connectivity index (χ3n) is 3.90. The Morgan fingerprint density at radius 2 is 2.17 bits per heavy atom. The highest BCUT2D eigenvalue weighted by atomic mass is 32.1. The predicted molar refractivity (Wildman–Crippen MR) is 97.2 cm³/mol. The van der Waals surface area contributed by atoms with Crippen LogP contribution in [0.2, 0.25) is 0 Å². The minimum atomic E-state index is -0.380. The molecule has 2 heterocycles. The zero-order valence-corrected chi connectivity index (χ0v) is 14.3. The summed E-state index contributed by atoms with van der Waals surface area (Å²) in [5.41, 5.74) is 5.61. The molecule has 0 bridgehead atoms. The summed E-state index contributed by atoms with van der Waals surface area (Å²) in [5, 5.41) is 17.9. The zero-order chi connectivity index (χ0) is 16.9. The SMILES string of the molecule is Cc1csc(NN=Cc2cc([N+](=O)[O-])ccc2N2CCCCC2)n1. The Hall–Kier alpha value is -2.48. The number of non-ortho nitro benzene ring substituents is 1. The second-order valence-electron chi connectivity index (χ2n) is 5.71. The number of thiazole rings is 1. The largest absolute Gasteiger partial charge is 0.371 e. The molecule has 0 atom stereocenters. The van der Waals surface area contributed by atoms with Crippen LogP contribution < -0.4 is 10.3 Å². The number of nitrogens with one attached hydrogen (secondary N) is 1. The van der Waals surface area contributed by atoms with Crippen molar-refractivity contribution in [3.05, 3.63) is 45.0 Å². The molecule has 0 spiro atoms. The van der Waals surface area contributed by atoms with Gasteiger partial charge in [0.25, 0.3) is 5.69 Å². The van der Waals surface area contributed by atoms with Crippen LogP contribution in [-0.2, 0) is 0 Å². The maximum atomic E-state index is 11.1. The second kappa shape index (κ2) is 7.39. The first-order valence-electron chi connectivity index (χ1n) is 7.88. The molecule has 126 valence electrons. The lowest BCUT2D eigenvalue weighted by Gasteiger charge is -2.29. The lowest BCUT2D eigenvalue weighted by molar-refractivity contribution is -0.384. The minimum absolute atomic E-state index is 0.0716. The van der Waals surface area contributed by atoms with Crippen molar-refractivity contribution in [3.8, 4) is 0 Å². The van der Waals surface area contributed by atoms with Crippen LogP contribution in [-0.4, -0.2) is 29.2 Å². The number of rotatable bonds is 5. The molecular weight excluding hydrogens is 326 g/mol. The van der Waals surface area contributed by atoms with Gasteiger partial charge in [0.2, 0.25) is 5.13 Å². The minimum Gasteiger partial charge on any atom is -0.371 e. The fourth-order valence-electron chi connectivity index (χ4n) is 2.74. The molecule has 1 aliphatic rings. The third kappa shape index (κ3) is 3.88. The van der Waals surface area contributed by atoms with E-state index < -0.39 is 0 Å². The van der Waals surface area contributed by atoms with Crippen molar-refractivity contribution >= 4 is 34.1 Å². The van der Waals surface area contributed by atoms with E-state index in [2.05, 4.69) is 20.4 Å². The van der Waals surface area contributed by atoms with Crippen LogP contribution >= 0.6 is 11.3 Å². The first kappa shape index (κ1) is 16.4. The van der Waals surface area contributed by atoms with E-state index in [-0.39, 0.29) is 10.6 Å². The average molecular weight is 345 g/mol. The predicted octanol–water partition coefficient (Wildman–Crippen LogP) is 3.80. The maximum absolute atomic E-state index is 11.1. The smallest absolute Gasteiger partial charge is 0.270 e. The molecule has 0 aliphatic carbocycles. The Morgan fingerprint density at radius 3 is 2.83 bits per heavy atom. The molecule has 1 aromatic carbocycles. The van der Waals surface area contributed by atoms with Crippen molar-refractivity contribution < 1.29 is 4.92 Å². The van der Waals surface area contributed by atoms with Gasteiger partial charge in [-0.2, -0.15) is 5.10 Å². The molecule has 1 aromatic heterocycles. The van der Waals surface area contributed by atoms with Gasteiger partial charge in [0.05, 0.1) is 16.8 Å². The van der Waals surface area contributed by atoms with E-state index in [1.165, 1.54) is 17.8 Å². The van der Waals surface area contributed by atoms with Gasteiger partial charge in [-0.05, 0) is 32.3 Å². The third-order valence-corrected chi connectivity index (χ3v) is 4.77. The van der Waals surface area contributed by atoms with Crippen molar-refractivity contribution in [2.24, 2.45) is 5.10 Å². The van der Waals surface area contributed by atoms with Gasteiger partial charge in [0.1, 0.15) is 0 Å². The summed E-state index contributed by atoms with van der Waals surface area (Å²) in [5.74, 6) is 0. The van der Waals surface area contributed by atoms with Crippen LogP contribution in [0.1, 0.15) is 30.5 Å². The van der Waals surface area contributed by atoms with Gasteiger partial charge in [-0.3, -0.25) is 15.5 Å². The molecule has 1 N–H and O–H groups in total. The number of nitro benzene ring substituents is 1. The first-order chi connectivity index (χ1) is 11.6. The molecule has 0 saturated carbocycles. The maximum Gasteiger partial charge on any atom is 0.270 e. The Morgan fingerprint density at radius 1 is 1.38 bits per heavy atom. The van der Waals surface area contributed by atoms with Crippen LogP contribution in [0.5, 0.6) is 0 Å². The number of anilines is 2. The van der Waals surface area contributed by atoms with Gasteiger partial charge < -0.3 is 4.90 Å². The van der Waals surface area contributed by atoms with Gasteiger partial charge in [-0.15, -0.1) is 11.3 Å². The number of hydrazone groups is 1. The van der Waals surface area contributed by atoms with Crippen LogP contribution in [0.3, 0.4) is 0 Å². The summed E-state index contributed by atoms with van der Waals surface area (Å²) in [6, 6.07) is 4.94. The van der Waals surface area contributed by atoms with E-state index in [1.807, 2.05) is 18.4 Å². The summed E-state index contributed by atoms with van der Waals surface area (Å²) >= 11 is 1.47. The van der Waals surface area contributed by atoms with Crippen molar-refractivity contribution in [2.75, 3.05) is 23.4 Å². The molecule has 7 nitrogen and oxygen atoms in total. The molecule has 0 amide bonds. The summed E-state index contributed by atoms with van der Waals surface area (Å²) in [6.45, 7) is 3.86. The van der Waals surface area contributed by atoms with E-state index in [4.69, 9.17) is 0 Å². The standard InChI is InChI=1S/C16H19N5O2S/c1-12-11-24-16(18-12)19-17-10-13-9-14(21(22)23)5-6-15(13)20-7-3-2-4-8-20/h5-6,9-11H,2-4,7-8H2,1H3,(H,18,19). The highest BCUT2D eigenvalue weighted by molar-refractivity contribution is 7.13.